The molecule has 0 spiro atoms. The Morgan fingerprint density at radius 1 is 0.383 bits per heavy atom. The minimum Gasteiger partial charge on any atom is -0.496 e. The highest BCUT2D eigenvalue weighted by Crippen LogP contribution is 2.28. The van der Waals surface area contributed by atoms with Gasteiger partial charge in [-0.1, -0.05) is 0 Å². The fraction of sp³-hybridized carbons (Fsp3) is 0.362. The van der Waals surface area contributed by atoms with Gasteiger partial charge in [0.05, 0.1) is 56.2 Å². The number of ether oxygens (including phenoxy) is 4. The molecule has 0 aliphatic heterocycles. The summed E-state index contributed by atoms with van der Waals surface area (Å²) in [5.74, 6) is -7.51. The van der Waals surface area contributed by atoms with Crippen LogP contribution in [0.2, 0.25) is 0 Å². The van der Waals surface area contributed by atoms with Crippen molar-refractivity contribution in [3.8, 4) is 23.0 Å². The number of hydrogen-bond donors (Lipinski definition) is 24. The van der Waals surface area contributed by atoms with Crippen LogP contribution in [-0.4, -0.2) is 162 Å². The molecule has 0 aromatic heterocycles. The molecule has 4 aromatic carbocycles. The van der Waals surface area contributed by atoms with E-state index in [4.69, 9.17) is 86.1 Å². The van der Waals surface area contributed by atoms with Crippen LogP contribution in [0.25, 0.3) is 0 Å². The lowest BCUT2D eigenvalue weighted by atomic mass is 10.1. The number of anilines is 4. The smallest absolute Gasteiger partial charge is 0.255 e. The molecule has 0 aliphatic carbocycles. The Labute approximate surface area is 540 Å². The van der Waals surface area contributed by atoms with E-state index < -0.39 is 71.4 Å². The summed E-state index contributed by atoms with van der Waals surface area (Å²) in [7, 11) is 3.90. The van der Waals surface area contributed by atoms with Gasteiger partial charge in [-0.3, -0.25) is 65.4 Å². The Hall–Kier alpha value is -11.9. The lowest BCUT2D eigenvalue weighted by Gasteiger charge is -2.22. The average Bonchev–Trinajstić information content (AvgIpc) is 0.855. The molecule has 4 aromatic rings. The lowest BCUT2D eigenvalue weighted by molar-refractivity contribution is -0.118. The predicted octanol–water partition coefficient (Wildman–Crippen LogP) is -1.80. The molecule has 0 radical (unpaired) electrons. The highest BCUT2D eigenvalue weighted by atomic mass is 16.5. The average molecular weight is 1310 g/mol. The van der Waals surface area contributed by atoms with E-state index in [1.54, 1.807) is 0 Å². The van der Waals surface area contributed by atoms with Gasteiger partial charge in [-0.2, -0.15) is 0 Å². The molecule has 0 bridgehead atoms. The predicted molar refractivity (Wildman–Crippen MR) is 352 cm³/mol. The van der Waals surface area contributed by atoms with Crippen LogP contribution in [0.5, 0.6) is 23.0 Å². The Kier molecular flexibility index (Phi) is 30.2. The van der Waals surface area contributed by atoms with Crippen LogP contribution >= 0.6 is 0 Å². The van der Waals surface area contributed by atoms with E-state index in [0.717, 1.165) is 0 Å². The summed E-state index contributed by atoms with van der Waals surface area (Å²) in [6, 6.07) is 11.7. The van der Waals surface area contributed by atoms with Gasteiger partial charge in [0.2, 0.25) is 23.6 Å². The van der Waals surface area contributed by atoms with Gasteiger partial charge in [0.25, 0.3) is 23.6 Å². The van der Waals surface area contributed by atoms with Crippen LogP contribution in [0.4, 0.5) is 22.7 Å². The zero-order chi connectivity index (χ0) is 69.4. The normalized spacial score (nSPS) is 11.8. The van der Waals surface area contributed by atoms with Crippen molar-refractivity contribution in [3.63, 3.8) is 0 Å². The van der Waals surface area contributed by atoms with Gasteiger partial charge < -0.3 is 123 Å². The van der Waals surface area contributed by atoms with Crippen molar-refractivity contribution in [2.45, 2.75) is 75.5 Å². The zero-order valence-corrected chi connectivity index (χ0v) is 52.1. The van der Waals surface area contributed by atoms with Crippen LogP contribution in [0.3, 0.4) is 0 Å². The van der Waals surface area contributed by atoms with Crippen LogP contribution < -0.4 is 123 Å². The molecule has 36 heteroatoms. The number of hydrogen-bond acceptors (Lipinski definition) is 18. The maximum atomic E-state index is 14.4. The van der Waals surface area contributed by atoms with Crippen LogP contribution in [0.1, 0.15) is 92.8 Å². The molecule has 0 unspecified atom stereocenters. The number of carbonyl (C=O) groups is 8. The molecule has 0 aliphatic rings. The van der Waals surface area contributed by atoms with Gasteiger partial charge >= 0.3 is 0 Å². The number of amides is 8. The van der Waals surface area contributed by atoms with Gasteiger partial charge in [-0.15, -0.1) is 0 Å². The standard InChI is InChI=1S/C58H84N24O12/c1-91-42-16-12-31(76-50(87)38(59)8-4-20-71-54(61)62)27-35(42)47(84)81-40(10-6-22-73-56(65)66)52(89)78-33-14-18-44(93-3)37(29-33)49(86)82-41(11-7-23-74-57(67)68)53(90)79-32-13-17-43(92-2)36(28-32)48(85)80-39(9-5-21-72-55(63)64)51(88)77-30-15-19-45(34(26-30)46(60)83)94-25-24-75-58(69)70/h12-19,26-29,38-41H,4-11,20-25,59H2,1-3H3,(H2,60,83)(H,76,87)(H,77,88)(H,78,89)(H,79,90)(H,80,85)(H,81,84)(H,82,86)(H4,61,62,71)(H4,63,64,72)(H4,65,66,73)(H4,67,68,74)(H4,69,70,75)/t38-,39-,40-,41-/m1/s1. The van der Waals surface area contributed by atoms with Gasteiger partial charge in [-0.25, -0.2) is 0 Å². The molecular weight excluding hydrogens is 1220 g/mol. The summed E-state index contributed by atoms with van der Waals surface area (Å²) in [6.45, 7) is 0.837. The van der Waals surface area contributed by atoms with Crippen molar-refractivity contribution < 1.29 is 57.3 Å². The summed E-state index contributed by atoms with van der Waals surface area (Å²) in [6.07, 6.45) is 1.18. The van der Waals surface area contributed by atoms with E-state index in [1.165, 1.54) is 94.1 Å². The Bertz CT molecular complexity index is 3410. The van der Waals surface area contributed by atoms with Crippen molar-refractivity contribution in [3.05, 3.63) is 95.1 Å². The van der Waals surface area contributed by atoms with E-state index in [9.17, 15) is 38.4 Å². The third-order valence-corrected chi connectivity index (χ3v) is 13.5. The molecule has 4 atom stereocenters. The Morgan fingerprint density at radius 2 is 0.660 bits per heavy atom. The van der Waals surface area contributed by atoms with Gasteiger partial charge in [0, 0.05) is 48.9 Å². The first-order valence-electron chi connectivity index (χ1n) is 29.2. The first-order chi connectivity index (χ1) is 44.7. The van der Waals surface area contributed by atoms with Crippen molar-refractivity contribution in [2.24, 2.45) is 40.1 Å². The molecule has 0 heterocycles. The molecule has 0 saturated carbocycles. The molecular formula is C58H84N24O12. The summed E-state index contributed by atoms with van der Waals surface area (Å²) in [5.41, 5.74) is 38.7. The number of carbonyl (C=O) groups excluding carboxylic acids is 8. The molecule has 31 N–H and O–H groups in total. The van der Waals surface area contributed by atoms with E-state index in [0.29, 0.717) is 13.0 Å². The molecule has 0 saturated heterocycles. The number of primary amides is 1. The van der Waals surface area contributed by atoms with Crippen LogP contribution in [-0.2, 0) is 19.2 Å². The van der Waals surface area contributed by atoms with Crippen molar-refractivity contribution in [1.29, 1.82) is 27.0 Å². The van der Waals surface area contributed by atoms with Crippen molar-refractivity contribution in [1.82, 2.24) is 42.5 Å². The maximum Gasteiger partial charge on any atom is 0.255 e. The molecule has 0 fully saturated rings. The highest BCUT2D eigenvalue weighted by Gasteiger charge is 2.29. The number of nitrogens with two attached hydrogens (primary N) is 7. The number of methoxy groups -OCH3 is 3. The minimum atomic E-state index is -1.34. The monoisotopic (exact) mass is 1310 g/mol. The third kappa shape index (κ3) is 25.2. The van der Waals surface area contributed by atoms with Gasteiger partial charge in [0.1, 0.15) is 47.7 Å². The minimum absolute atomic E-state index is 0.000507. The molecule has 36 nitrogen and oxygen atoms in total. The summed E-state index contributed by atoms with van der Waals surface area (Å²) < 4.78 is 22.1. The molecule has 94 heavy (non-hydrogen) atoms. The van der Waals surface area contributed by atoms with Gasteiger partial charge in [-0.05, 0) is 124 Å². The molecule has 8 amide bonds. The van der Waals surface area contributed by atoms with Crippen LogP contribution in [0, 0.1) is 27.0 Å². The van der Waals surface area contributed by atoms with Crippen LogP contribution in [0.15, 0.2) is 72.8 Å². The highest BCUT2D eigenvalue weighted by molar-refractivity contribution is 6.08. The van der Waals surface area contributed by atoms with E-state index in [-0.39, 0.29) is 176 Å². The zero-order valence-electron chi connectivity index (χ0n) is 52.1. The number of benzene rings is 4. The largest absolute Gasteiger partial charge is 0.496 e. The maximum absolute atomic E-state index is 14.4. The fourth-order valence-electron chi connectivity index (χ4n) is 8.86. The van der Waals surface area contributed by atoms with E-state index in [1.807, 2.05) is 0 Å². The topological polar surface area (TPSA) is 619 Å². The number of guanidine groups is 5. The second-order valence-corrected chi connectivity index (χ2v) is 20.6. The number of nitrogens with one attached hydrogen (secondary N) is 17. The summed E-state index contributed by atoms with van der Waals surface area (Å²) in [5, 5.41) is 69.3. The number of rotatable bonds is 38. The Morgan fingerprint density at radius 3 is 0.957 bits per heavy atom. The fourth-order valence-corrected chi connectivity index (χ4v) is 8.86. The summed E-state index contributed by atoms with van der Waals surface area (Å²) in [4.78, 5) is 111. The van der Waals surface area contributed by atoms with Crippen molar-refractivity contribution in [2.75, 3.05) is 81.9 Å². The second kappa shape index (κ2) is 38.0. The SMILES string of the molecule is COc1ccc(NC(=O)[C@H](N)CCCNC(=N)N)cc1C(=O)N[C@H](CCCNC(=N)N)C(=O)Nc1ccc(OC)c(C(=O)N[C@H](CCCNC(=N)N)C(=O)Nc2ccc(OC)c(C(=O)N[C@H](CCCNC(=N)N)C(=O)Nc3ccc(OCCNC(=N)N)c(C(N)=O)c3)c2)c1. The summed E-state index contributed by atoms with van der Waals surface area (Å²) >= 11 is 0. The quantitative estimate of drug-likeness (QED) is 0.0134. The first kappa shape index (κ1) is 74.6. The van der Waals surface area contributed by atoms with E-state index in [2.05, 4.69) is 63.8 Å². The van der Waals surface area contributed by atoms with E-state index >= 15 is 0 Å². The molecule has 4 rings (SSSR count). The second-order valence-electron chi connectivity index (χ2n) is 20.6. The Balaban J connectivity index is 1.59. The third-order valence-electron chi connectivity index (χ3n) is 13.5. The molecule has 508 valence electrons. The first-order valence-corrected chi connectivity index (χ1v) is 29.2. The van der Waals surface area contributed by atoms with Crippen molar-refractivity contribution >= 4 is 99.8 Å². The lowest BCUT2D eigenvalue weighted by Crippen LogP contribution is -2.45. The van der Waals surface area contributed by atoms with Gasteiger partial charge in [0.15, 0.2) is 29.8 Å².